The van der Waals surface area contributed by atoms with Gasteiger partial charge in [0.1, 0.15) is 0 Å². The van der Waals surface area contributed by atoms with E-state index in [4.69, 9.17) is 4.74 Å². The van der Waals surface area contributed by atoms with Gasteiger partial charge in [-0.1, -0.05) is 0 Å². The molecule has 2 saturated heterocycles. The molecule has 2 rings (SSSR count). The zero-order valence-corrected chi connectivity index (χ0v) is 10.2. The Labute approximate surface area is 93.2 Å². The molecular formula is C12H24N2O. The molecule has 2 heterocycles. The molecule has 3 nitrogen and oxygen atoms in total. The van der Waals surface area contributed by atoms with Gasteiger partial charge in [-0.2, -0.15) is 0 Å². The van der Waals surface area contributed by atoms with Crippen LogP contribution in [0.5, 0.6) is 0 Å². The van der Waals surface area contributed by atoms with E-state index in [-0.39, 0.29) is 0 Å². The first-order valence-electron chi connectivity index (χ1n) is 6.24. The van der Waals surface area contributed by atoms with E-state index in [0.717, 1.165) is 19.1 Å². The first kappa shape index (κ1) is 11.4. The maximum Gasteiger partial charge on any atom is 0.0509 e. The van der Waals surface area contributed by atoms with E-state index in [1.54, 1.807) is 0 Å². The molecule has 0 bridgehead atoms. The molecule has 0 saturated carbocycles. The Hall–Kier alpha value is -0.120. The van der Waals surface area contributed by atoms with Gasteiger partial charge in [0.2, 0.25) is 0 Å². The minimum Gasteiger partial charge on any atom is -0.381 e. The molecule has 0 spiro atoms. The summed E-state index contributed by atoms with van der Waals surface area (Å²) in [7, 11) is 0. The highest BCUT2D eigenvalue weighted by Crippen LogP contribution is 2.22. The lowest BCUT2D eigenvalue weighted by Gasteiger charge is -2.41. The van der Waals surface area contributed by atoms with Crippen molar-refractivity contribution >= 4 is 0 Å². The van der Waals surface area contributed by atoms with Crippen LogP contribution in [0.4, 0.5) is 0 Å². The van der Waals surface area contributed by atoms with Crippen LogP contribution in [0.25, 0.3) is 0 Å². The van der Waals surface area contributed by atoms with Crippen molar-refractivity contribution in [3.8, 4) is 0 Å². The van der Waals surface area contributed by atoms with Crippen molar-refractivity contribution < 1.29 is 4.74 Å². The van der Waals surface area contributed by atoms with Crippen LogP contribution in [-0.4, -0.2) is 49.3 Å². The van der Waals surface area contributed by atoms with Gasteiger partial charge in [0, 0.05) is 37.8 Å². The van der Waals surface area contributed by atoms with Gasteiger partial charge < -0.3 is 10.1 Å². The van der Waals surface area contributed by atoms with Crippen molar-refractivity contribution in [2.24, 2.45) is 5.92 Å². The quantitative estimate of drug-likeness (QED) is 0.741. The van der Waals surface area contributed by atoms with Crippen LogP contribution < -0.4 is 5.32 Å². The van der Waals surface area contributed by atoms with Crippen LogP contribution >= 0.6 is 0 Å². The SMILES string of the molecule is CC1CN(C(C)C2CCOC2)CC(C)N1. The molecule has 0 aromatic carbocycles. The van der Waals surface area contributed by atoms with Crippen LogP contribution in [0.1, 0.15) is 27.2 Å². The molecule has 88 valence electrons. The van der Waals surface area contributed by atoms with E-state index in [1.165, 1.54) is 19.5 Å². The average Bonchev–Trinajstić information content (AvgIpc) is 2.67. The van der Waals surface area contributed by atoms with Crippen molar-refractivity contribution in [3.05, 3.63) is 0 Å². The predicted molar refractivity (Wildman–Crippen MR) is 62.0 cm³/mol. The zero-order valence-electron chi connectivity index (χ0n) is 10.2. The fraction of sp³-hybridized carbons (Fsp3) is 1.00. The van der Waals surface area contributed by atoms with Crippen LogP contribution in [0.3, 0.4) is 0 Å². The number of rotatable bonds is 2. The van der Waals surface area contributed by atoms with Crippen molar-refractivity contribution in [1.82, 2.24) is 10.2 Å². The minimum atomic E-state index is 0.624. The number of nitrogens with one attached hydrogen (secondary N) is 1. The highest BCUT2D eigenvalue weighted by atomic mass is 16.5. The molecule has 1 N–H and O–H groups in total. The summed E-state index contributed by atoms with van der Waals surface area (Å²) in [5.41, 5.74) is 0. The molecule has 2 fully saturated rings. The molecule has 0 aliphatic carbocycles. The zero-order chi connectivity index (χ0) is 10.8. The molecule has 15 heavy (non-hydrogen) atoms. The number of piperazine rings is 1. The molecule has 0 amide bonds. The molecular weight excluding hydrogens is 188 g/mol. The fourth-order valence-electron chi connectivity index (χ4n) is 2.93. The lowest BCUT2D eigenvalue weighted by Crippen LogP contribution is -2.57. The molecule has 2 aliphatic heterocycles. The number of nitrogens with zero attached hydrogens (tertiary/aromatic N) is 1. The maximum absolute atomic E-state index is 5.48. The van der Waals surface area contributed by atoms with Crippen molar-refractivity contribution in [2.45, 2.75) is 45.3 Å². The largest absolute Gasteiger partial charge is 0.381 e. The Morgan fingerprint density at radius 1 is 1.27 bits per heavy atom. The molecule has 0 aromatic rings. The molecule has 0 radical (unpaired) electrons. The minimum absolute atomic E-state index is 0.624. The summed E-state index contributed by atoms with van der Waals surface area (Å²) >= 11 is 0. The van der Waals surface area contributed by atoms with Crippen molar-refractivity contribution in [1.29, 1.82) is 0 Å². The highest BCUT2D eigenvalue weighted by Gasteiger charge is 2.30. The second-order valence-corrected chi connectivity index (χ2v) is 5.29. The average molecular weight is 212 g/mol. The van der Waals surface area contributed by atoms with E-state index < -0.39 is 0 Å². The summed E-state index contributed by atoms with van der Waals surface area (Å²) < 4.78 is 5.48. The van der Waals surface area contributed by atoms with Gasteiger partial charge in [0.05, 0.1) is 6.61 Å². The Kier molecular flexibility index (Phi) is 3.65. The maximum atomic E-state index is 5.48. The van der Waals surface area contributed by atoms with Gasteiger partial charge in [0.25, 0.3) is 0 Å². The van der Waals surface area contributed by atoms with Crippen LogP contribution in [0.2, 0.25) is 0 Å². The summed E-state index contributed by atoms with van der Waals surface area (Å²) in [6.45, 7) is 11.2. The van der Waals surface area contributed by atoms with Gasteiger partial charge in [-0.15, -0.1) is 0 Å². The third-order valence-electron chi connectivity index (χ3n) is 3.81. The van der Waals surface area contributed by atoms with Crippen LogP contribution in [-0.2, 0) is 4.74 Å². The van der Waals surface area contributed by atoms with E-state index in [9.17, 15) is 0 Å². The second kappa shape index (κ2) is 4.81. The molecule has 3 heteroatoms. The van der Waals surface area contributed by atoms with Crippen LogP contribution in [0.15, 0.2) is 0 Å². The van der Waals surface area contributed by atoms with E-state index in [0.29, 0.717) is 18.1 Å². The summed E-state index contributed by atoms with van der Waals surface area (Å²) in [4.78, 5) is 2.63. The van der Waals surface area contributed by atoms with Gasteiger partial charge in [-0.25, -0.2) is 0 Å². The van der Waals surface area contributed by atoms with Crippen LogP contribution in [0, 0.1) is 5.92 Å². The normalized spacial score (nSPS) is 40.6. The first-order valence-corrected chi connectivity index (χ1v) is 6.24. The fourth-order valence-corrected chi connectivity index (χ4v) is 2.93. The predicted octanol–water partition coefficient (Wildman–Crippen LogP) is 1.09. The summed E-state index contributed by atoms with van der Waals surface area (Å²) in [5, 5.41) is 3.58. The van der Waals surface area contributed by atoms with Gasteiger partial charge in [-0.3, -0.25) is 4.90 Å². The summed E-state index contributed by atoms with van der Waals surface area (Å²) in [6.07, 6.45) is 1.24. The monoisotopic (exact) mass is 212 g/mol. The third-order valence-corrected chi connectivity index (χ3v) is 3.81. The summed E-state index contributed by atoms with van der Waals surface area (Å²) in [5.74, 6) is 0.752. The van der Waals surface area contributed by atoms with E-state index in [1.807, 2.05) is 0 Å². The molecule has 4 atom stereocenters. The number of hydrogen-bond donors (Lipinski definition) is 1. The molecule has 4 unspecified atom stereocenters. The van der Waals surface area contributed by atoms with E-state index >= 15 is 0 Å². The first-order chi connectivity index (χ1) is 7.16. The van der Waals surface area contributed by atoms with Crippen molar-refractivity contribution in [2.75, 3.05) is 26.3 Å². The Bertz CT molecular complexity index is 194. The summed E-state index contributed by atoms with van der Waals surface area (Å²) in [6, 6.07) is 1.93. The van der Waals surface area contributed by atoms with Crippen molar-refractivity contribution in [3.63, 3.8) is 0 Å². The topological polar surface area (TPSA) is 24.5 Å². The standard InChI is InChI=1S/C12H24N2O/c1-9-6-14(7-10(2)13-9)11(3)12-4-5-15-8-12/h9-13H,4-8H2,1-3H3. The third kappa shape index (κ3) is 2.71. The number of hydrogen-bond acceptors (Lipinski definition) is 3. The smallest absolute Gasteiger partial charge is 0.0509 e. The van der Waals surface area contributed by atoms with Gasteiger partial charge >= 0.3 is 0 Å². The Morgan fingerprint density at radius 2 is 1.93 bits per heavy atom. The number of ether oxygens (including phenoxy) is 1. The molecule has 2 aliphatic rings. The second-order valence-electron chi connectivity index (χ2n) is 5.29. The lowest BCUT2D eigenvalue weighted by atomic mass is 9.97. The molecule has 0 aromatic heterocycles. The Morgan fingerprint density at radius 3 is 2.47 bits per heavy atom. The van der Waals surface area contributed by atoms with Gasteiger partial charge in [-0.05, 0) is 33.1 Å². The Balaban J connectivity index is 1.90. The lowest BCUT2D eigenvalue weighted by molar-refractivity contribution is 0.0872. The van der Waals surface area contributed by atoms with E-state index in [2.05, 4.69) is 31.0 Å². The van der Waals surface area contributed by atoms with Gasteiger partial charge in [0.15, 0.2) is 0 Å². The highest BCUT2D eigenvalue weighted by molar-refractivity contribution is 4.87.